The van der Waals surface area contributed by atoms with E-state index in [2.05, 4.69) is 17.6 Å². The highest BCUT2D eigenvalue weighted by Crippen LogP contribution is 2.29. The Bertz CT molecular complexity index is 443. The first-order chi connectivity index (χ1) is 9.84. The number of hydrogen-bond donors (Lipinski definition) is 2. The van der Waals surface area contributed by atoms with Crippen molar-refractivity contribution in [2.45, 2.75) is 45.3 Å². The van der Waals surface area contributed by atoms with Crippen molar-refractivity contribution in [3.63, 3.8) is 0 Å². The maximum absolute atomic E-state index is 12.4. The highest BCUT2D eigenvalue weighted by molar-refractivity contribution is 5.84. The topological polar surface area (TPSA) is 41.1 Å². The lowest BCUT2D eigenvalue weighted by Gasteiger charge is -2.16. The number of carbonyl (C=O) groups excluding carboxylic acids is 1. The Hall–Kier alpha value is -1.72. The summed E-state index contributed by atoms with van der Waals surface area (Å²) in [6.07, 6.45) is -1.29. The molecule has 0 aliphatic rings. The molecule has 0 spiro atoms. The number of hydrogen-bond acceptors (Lipinski definition) is 2. The molecule has 1 aromatic carbocycles. The van der Waals surface area contributed by atoms with Crippen LogP contribution in [0.1, 0.15) is 38.7 Å². The van der Waals surface area contributed by atoms with E-state index in [1.165, 1.54) is 12.1 Å². The number of carbonyl (C=O) groups is 1. The lowest BCUT2D eigenvalue weighted by Crippen LogP contribution is -2.38. The molecule has 1 unspecified atom stereocenters. The lowest BCUT2D eigenvalue weighted by atomic mass is 10.2. The molecular formula is C15H21F3N2O. The van der Waals surface area contributed by atoms with Gasteiger partial charge in [0, 0.05) is 12.2 Å². The molecular weight excluding hydrogens is 281 g/mol. The van der Waals surface area contributed by atoms with E-state index < -0.39 is 17.8 Å². The normalized spacial score (nSPS) is 12.8. The van der Waals surface area contributed by atoms with Gasteiger partial charge in [0.15, 0.2) is 0 Å². The summed E-state index contributed by atoms with van der Waals surface area (Å²) in [4.78, 5) is 11.8. The quantitative estimate of drug-likeness (QED) is 0.752. The number of rotatable bonds is 7. The van der Waals surface area contributed by atoms with Crippen molar-refractivity contribution in [1.82, 2.24) is 5.32 Å². The minimum atomic E-state index is -4.35. The summed E-state index contributed by atoms with van der Waals surface area (Å²) in [5.41, 5.74) is -0.219. The fraction of sp³-hybridized carbons (Fsp3) is 0.533. The van der Waals surface area contributed by atoms with E-state index in [9.17, 15) is 18.0 Å². The number of unbranched alkanes of at least 4 members (excludes halogenated alkanes) is 2. The van der Waals surface area contributed by atoms with Crippen molar-refractivity contribution < 1.29 is 18.0 Å². The zero-order valence-corrected chi connectivity index (χ0v) is 12.3. The van der Waals surface area contributed by atoms with Gasteiger partial charge in [-0.05, 0) is 37.6 Å². The standard InChI is InChI=1S/C15H21F3N2O/c1-3-4-5-10-19-14(21)11(2)20-13-8-6-12(7-9-13)15(16,17)18/h6-9,11,20H,3-5,10H2,1-2H3,(H,19,21). The third-order valence-electron chi connectivity index (χ3n) is 3.07. The van der Waals surface area contributed by atoms with Gasteiger partial charge in [0.2, 0.25) is 5.91 Å². The van der Waals surface area contributed by atoms with Gasteiger partial charge in [-0.25, -0.2) is 0 Å². The van der Waals surface area contributed by atoms with Crippen LogP contribution in [0.25, 0.3) is 0 Å². The van der Waals surface area contributed by atoms with Crippen LogP contribution in [0.15, 0.2) is 24.3 Å². The van der Waals surface area contributed by atoms with E-state index in [0.717, 1.165) is 31.4 Å². The predicted octanol–water partition coefficient (Wildman–Crippen LogP) is 3.81. The summed E-state index contributed by atoms with van der Waals surface area (Å²) in [6.45, 7) is 4.37. The van der Waals surface area contributed by atoms with E-state index >= 15 is 0 Å². The van der Waals surface area contributed by atoms with E-state index in [-0.39, 0.29) is 5.91 Å². The molecule has 0 aromatic heterocycles. The molecule has 21 heavy (non-hydrogen) atoms. The van der Waals surface area contributed by atoms with Gasteiger partial charge >= 0.3 is 6.18 Å². The maximum Gasteiger partial charge on any atom is 0.416 e. The van der Waals surface area contributed by atoms with Gasteiger partial charge in [-0.1, -0.05) is 19.8 Å². The van der Waals surface area contributed by atoms with Crippen LogP contribution in [-0.2, 0) is 11.0 Å². The van der Waals surface area contributed by atoms with Crippen molar-refractivity contribution in [2.75, 3.05) is 11.9 Å². The Morgan fingerprint density at radius 3 is 2.33 bits per heavy atom. The Morgan fingerprint density at radius 2 is 1.81 bits per heavy atom. The average molecular weight is 302 g/mol. The van der Waals surface area contributed by atoms with Gasteiger partial charge in [-0.15, -0.1) is 0 Å². The van der Waals surface area contributed by atoms with Crippen LogP contribution in [0.5, 0.6) is 0 Å². The Labute approximate surface area is 122 Å². The lowest BCUT2D eigenvalue weighted by molar-refractivity contribution is -0.137. The average Bonchev–Trinajstić information content (AvgIpc) is 2.43. The van der Waals surface area contributed by atoms with Gasteiger partial charge in [-0.3, -0.25) is 4.79 Å². The summed E-state index contributed by atoms with van der Waals surface area (Å²) < 4.78 is 37.3. The molecule has 0 heterocycles. The molecule has 1 atom stereocenters. The second kappa shape index (κ2) is 7.90. The van der Waals surface area contributed by atoms with E-state index in [1.54, 1.807) is 6.92 Å². The summed E-state index contributed by atoms with van der Waals surface area (Å²) in [5.74, 6) is -0.161. The van der Waals surface area contributed by atoms with Gasteiger partial charge in [0.25, 0.3) is 0 Å². The van der Waals surface area contributed by atoms with Crippen LogP contribution >= 0.6 is 0 Å². The van der Waals surface area contributed by atoms with Crippen LogP contribution in [0.3, 0.4) is 0 Å². The molecule has 3 nitrogen and oxygen atoms in total. The Balaban J connectivity index is 2.47. The minimum Gasteiger partial charge on any atom is -0.374 e. The molecule has 0 saturated heterocycles. The molecule has 0 aliphatic heterocycles. The SMILES string of the molecule is CCCCCNC(=O)C(C)Nc1ccc(C(F)(F)F)cc1. The van der Waals surface area contributed by atoms with Crippen LogP contribution < -0.4 is 10.6 Å². The molecule has 118 valence electrons. The number of halogens is 3. The molecule has 1 amide bonds. The van der Waals surface area contributed by atoms with Crippen molar-refractivity contribution in [3.05, 3.63) is 29.8 Å². The largest absolute Gasteiger partial charge is 0.416 e. The smallest absolute Gasteiger partial charge is 0.374 e. The summed E-state index contributed by atoms with van der Waals surface area (Å²) in [7, 11) is 0. The summed E-state index contributed by atoms with van der Waals surface area (Å²) >= 11 is 0. The fourth-order valence-corrected chi connectivity index (χ4v) is 1.81. The van der Waals surface area contributed by atoms with Crippen molar-refractivity contribution in [2.24, 2.45) is 0 Å². The number of alkyl halides is 3. The molecule has 0 fully saturated rings. The van der Waals surface area contributed by atoms with Crippen molar-refractivity contribution in [3.8, 4) is 0 Å². The first-order valence-corrected chi connectivity index (χ1v) is 7.06. The van der Waals surface area contributed by atoms with Crippen molar-refractivity contribution in [1.29, 1.82) is 0 Å². The minimum absolute atomic E-state index is 0.161. The van der Waals surface area contributed by atoms with Crippen LogP contribution in [0.2, 0.25) is 0 Å². The Morgan fingerprint density at radius 1 is 1.19 bits per heavy atom. The summed E-state index contributed by atoms with van der Waals surface area (Å²) in [5, 5.41) is 5.67. The monoisotopic (exact) mass is 302 g/mol. The highest BCUT2D eigenvalue weighted by Gasteiger charge is 2.30. The third kappa shape index (κ3) is 6.06. The van der Waals surface area contributed by atoms with E-state index in [4.69, 9.17) is 0 Å². The number of anilines is 1. The number of nitrogens with one attached hydrogen (secondary N) is 2. The number of amides is 1. The van der Waals surface area contributed by atoms with Crippen LogP contribution in [0, 0.1) is 0 Å². The fourth-order valence-electron chi connectivity index (χ4n) is 1.81. The van der Waals surface area contributed by atoms with Gasteiger partial charge in [0.05, 0.1) is 5.56 Å². The first-order valence-electron chi connectivity index (χ1n) is 7.06. The van der Waals surface area contributed by atoms with Crippen molar-refractivity contribution >= 4 is 11.6 Å². The zero-order valence-electron chi connectivity index (χ0n) is 12.3. The second-order valence-electron chi connectivity index (χ2n) is 4.94. The predicted molar refractivity (Wildman–Crippen MR) is 77.1 cm³/mol. The Kier molecular flexibility index (Phi) is 6.52. The van der Waals surface area contributed by atoms with Crippen LogP contribution in [0.4, 0.5) is 18.9 Å². The summed E-state index contributed by atoms with van der Waals surface area (Å²) in [6, 6.07) is 4.14. The molecule has 1 aromatic rings. The second-order valence-corrected chi connectivity index (χ2v) is 4.94. The maximum atomic E-state index is 12.4. The molecule has 0 radical (unpaired) electrons. The molecule has 6 heteroatoms. The zero-order chi connectivity index (χ0) is 15.9. The molecule has 0 aliphatic carbocycles. The van der Waals surface area contributed by atoms with E-state index in [0.29, 0.717) is 12.2 Å². The van der Waals surface area contributed by atoms with Crippen LogP contribution in [-0.4, -0.2) is 18.5 Å². The molecule has 1 rings (SSSR count). The van der Waals surface area contributed by atoms with Gasteiger partial charge in [-0.2, -0.15) is 13.2 Å². The third-order valence-corrected chi connectivity index (χ3v) is 3.07. The number of benzene rings is 1. The molecule has 0 saturated carbocycles. The van der Waals surface area contributed by atoms with E-state index in [1.807, 2.05) is 0 Å². The molecule has 0 bridgehead atoms. The molecule has 2 N–H and O–H groups in total. The van der Waals surface area contributed by atoms with Gasteiger partial charge < -0.3 is 10.6 Å². The highest BCUT2D eigenvalue weighted by atomic mass is 19.4. The first kappa shape index (κ1) is 17.3. The van der Waals surface area contributed by atoms with Gasteiger partial charge in [0.1, 0.15) is 6.04 Å².